The third-order valence-electron chi connectivity index (χ3n) is 4.81. The number of nitrogens with one attached hydrogen (secondary N) is 1. The van der Waals surface area contributed by atoms with E-state index in [0.717, 1.165) is 27.8 Å². The first-order valence-corrected chi connectivity index (χ1v) is 9.63. The number of nitrogens with two attached hydrogens (primary N) is 1. The maximum absolute atomic E-state index is 11.3. The molecule has 1 amide bonds. The molecule has 4 aromatic rings. The molecular formula is C23H21N5O3. The van der Waals surface area contributed by atoms with Crippen molar-refractivity contribution >= 4 is 22.6 Å². The number of hydrogen-bond donors (Lipinski definition) is 3. The van der Waals surface area contributed by atoms with Crippen molar-refractivity contribution < 1.29 is 14.6 Å². The van der Waals surface area contributed by atoms with E-state index in [1.165, 1.54) is 0 Å². The van der Waals surface area contributed by atoms with Gasteiger partial charge in [0.05, 0.1) is 19.2 Å². The van der Waals surface area contributed by atoms with Crippen molar-refractivity contribution in [2.75, 3.05) is 19.0 Å². The Balaban J connectivity index is 1.82. The average Bonchev–Trinajstić information content (AvgIpc) is 2.82. The van der Waals surface area contributed by atoms with Crippen molar-refractivity contribution in [3.8, 4) is 28.3 Å². The van der Waals surface area contributed by atoms with Gasteiger partial charge in [-0.05, 0) is 47.5 Å². The quantitative estimate of drug-likeness (QED) is 0.424. The van der Waals surface area contributed by atoms with Crippen LogP contribution in [0.1, 0.15) is 0 Å². The summed E-state index contributed by atoms with van der Waals surface area (Å²) in [5.74, 6) is 0.902. The topological polar surface area (TPSA) is 123 Å². The number of methoxy groups -OCH3 is 1. The number of anilines is 1. The highest BCUT2D eigenvalue weighted by atomic mass is 16.5. The Kier molecular flexibility index (Phi) is 5.72. The first kappa shape index (κ1) is 20.2. The second-order valence-corrected chi connectivity index (χ2v) is 6.90. The molecule has 4 N–H and O–H groups in total. The molecule has 0 radical (unpaired) electrons. The van der Waals surface area contributed by atoms with Crippen LogP contribution in [0.2, 0.25) is 0 Å². The molecule has 2 heterocycles. The minimum absolute atomic E-state index is 0.0721. The summed E-state index contributed by atoms with van der Waals surface area (Å²) in [6, 6.07) is 17.2. The van der Waals surface area contributed by atoms with Gasteiger partial charge in [-0.3, -0.25) is 9.78 Å². The van der Waals surface area contributed by atoms with E-state index in [2.05, 4.69) is 20.3 Å². The zero-order valence-corrected chi connectivity index (χ0v) is 16.8. The Morgan fingerprint density at radius 1 is 1.10 bits per heavy atom. The Morgan fingerprint density at radius 2 is 1.90 bits per heavy atom. The summed E-state index contributed by atoms with van der Waals surface area (Å²) in [6.45, 7) is -0.0721. The molecule has 0 aliphatic carbocycles. The lowest BCUT2D eigenvalue weighted by atomic mass is 10.0. The number of nitrogens with zero attached hydrogens (tertiary/aromatic N) is 3. The van der Waals surface area contributed by atoms with Crippen LogP contribution in [0.4, 0.5) is 5.82 Å². The molecule has 0 spiro atoms. The molecule has 4 rings (SSSR count). The molecule has 0 aliphatic heterocycles. The summed E-state index contributed by atoms with van der Waals surface area (Å²) in [5, 5.41) is 13.6. The SMILES string of the molecule is COc1cccc(-c2ccc3nc(-c4cccnc4)nc(NCC(O)C(N)=O)c3c2)c1. The summed E-state index contributed by atoms with van der Waals surface area (Å²) in [5.41, 5.74) is 8.55. The molecule has 2 aromatic carbocycles. The van der Waals surface area contributed by atoms with Gasteiger partial charge in [-0.2, -0.15) is 0 Å². The molecule has 2 aromatic heterocycles. The van der Waals surface area contributed by atoms with Crippen molar-refractivity contribution in [2.24, 2.45) is 5.73 Å². The van der Waals surface area contributed by atoms with Gasteiger partial charge in [0.2, 0.25) is 5.91 Å². The number of primary amides is 1. The number of benzene rings is 2. The van der Waals surface area contributed by atoms with Crippen LogP contribution >= 0.6 is 0 Å². The Hall–Kier alpha value is -4.04. The Labute approximate surface area is 178 Å². The lowest BCUT2D eigenvalue weighted by molar-refractivity contribution is -0.125. The molecule has 0 fully saturated rings. The largest absolute Gasteiger partial charge is 0.497 e. The van der Waals surface area contributed by atoms with Crippen LogP contribution in [0.15, 0.2) is 67.0 Å². The fourth-order valence-corrected chi connectivity index (χ4v) is 3.16. The number of aliphatic hydroxyl groups is 1. The van der Waals surface area contributed by atoms with Crippen molar-refractivity contribution in [3.05, 3.63) is 67.0 Å². The summed E-state index contributed by atoms with van der Waals surface area (Å²) >= 11 is 0. The highest BCUT2D eigenvalue weighted by molar-refractivity contribution is 5.94. The third-order valence-corrected chi connectivity index (χ3v) is 4.81. The first-order chi connectivity index (χ1) is 15.0. The van der Waals surface area contributed by atoms with Gasteiger partial charge >= 0.3 is 0 Å². The van der Waals surface area contributed by atoms with Crippen LogP contribution in [-0.2, 0) is 4.79 Å². The molecule has 8 nitrogen and oxygen atoms in total. The number of carbonyl (C=O) groups excluding carboxylic acids is 1. The second-order valence-electron chi connectivity index (χ2n) is 6.90. The highest BCUT2D eigenvalue weighted by Crippen LogP contribution is 2.31. The van der Waals surface area contributed by atoms with E-state index in [1.807, 2.05) is 48.5 Å². The van der Waals surface area contributed by atoms with E-state index in [4.69, 9.17) is 10.5 Å². The summed E-state index contributed by atoms with van der Waals surface area (Å²) in [7, 11) is 1.62. The molecule has 8 heteroatoms. The zero-order chi connectivity index (χ0) is 21.8. The van der Waals surface area contributed by atoms with Gasteiger partial charge < -0.3 is 20.9 Å². The van der Waals surface area contributed by atoms with Crippen LogP contribution in [0.3, 0.4) is 0 Å². The fraction of sp³-hybridized carbons (Fsp3) is 0.130. The van der Waals surface area contributed by atoms with E-state index in [9.17, 15) is 9.90 Å². The van der Waals surface area contributed by atoms with E-state index in [-0.39, 0.29) is 6.54 Å². The van der Waals surface area contributed by atoms with Gasteiger partial charge in [-0.15, -0.1) is 0 Å². The van der Waals surface area contributed by atoms with Gasteiger partial charge in [0, 0.05) is 23.3 Å². The van der Waals surface area contributed by atoms with E-state index < -0.39 is 12.0 Å². The van der Waals surface area contributed by atoms with Crippen LogP contribution in [0.5, 0.6) is 5.75 Å². The van der Waals surface area contributed by atoms with Crippen LogP contribution in [-0.4, -0.2) is 45.7 Å². The average molecular weight is 415 g/mol. The molecular weight excluding hydrogens is 394 g/mol. The summed E-state index contributed by atoms with van der Waals surface area (Å²) in [4.78, 5) is 24.7. The number of amides is 1. The molecule has 1 unspecified atom stereocenters. The van der Waals surface area contributed by atoms with Crippen LogP contribution < -0.4 is 15.8 Å². The number of hydrogen-bond acceptors (Lipinski definition) is 7. The lowest BCUT2D eigenvalue weighted by Gasteiger charge is -2.14. The highest BCUT2D eigenvalue weighted by Gasteiger charge is 2.15. The van der Waals surface area contributed by atoms with Gasteiger partial charge in [0.15, 0.2) is 5.82 Å². The number of carbonyl (C=O) groups is 1. The van der Waals surface area contributed by atoms with Gasteiger partial charge in [-0.25, -0.2) is 9.97 Å². The lowest BCUT2D eigenvalue weighted by Crippen LogP contribution is -2.34. The second kappa shape index (κ2) is 8.76. The van der Waals surface area contributed by atoms with Crippen molar-refractivity contribution in [1.29, 1.82) is 0 Å². The van der Waals surface area contributed by atoms with E-state index in [1.54, 1.807) is 25.6 Å². The number of aliphatic hydroxyl groups excluding tert-OH is 1. The fourth-order valence-electron chi connectivity index (χ4n) is 3.16. The maximum atomic E-state index is 11.3. The standard InChI is InChI=1S/C23H21N5O3/c1-31-17-6-2-4-14(10-17)15-7-8-19-18(11-15)23(26-13-20(29)21(24)30)28-22(27-19)16-5-3-9-25-12-16/h2-12,20,29H,13H2,1H3,(H2,24,30)(H,26,27,28). The van der Waals surface area contributed by atoms with Crippen LogP contribution in [0.25, 0.3) is 33.4 Å². The van der Waals surface area contributed by atoms with E-state index >= 15 is 0 Å². The summed E-state index contributed by atoms with van der Waals surface area (Å²) < 4.78 is 5.33. The van der Waals surface area contributed by atoms with E-state index in [0.29, 0.717) is 17.2 Å². The molecule has 31 heavy (non-hydrogen) atoms. The van der Waals surface area contributed by atoms with Gasteiger partial charge in [0.1, 0.15) is 17.7 Å². The van der Waals surface area contributed by atoms with Crippen molar-refractivity contribution in [1.82, 2.24) is 15.0 Å². The number of ether oxygens (including phenoxy) is 1. The maximum Gasteiger partial charge on any atom is 0.248 e. The first-order valence-electron chi connectivity index (χ1n) is 9.63. The predicted octanol–water partition coefficient (Wildman–Crippen LogP) is 2.63. The van der Waals surface area contributed by atoms with Gasteiger partial charge in [-0.1, -0.05) is 18.2 Å². The van der Waals surface area contributed by atoms with Gasteiger partial charge in [0.25, 0.3) is 0 Å². The summed E-state index contributed by atoms with van der Waals surface area (Å²) in [6.07, 6.45) is 2.01. The van der Waals surface area contributed by atoms with Crippen molar-refractivity contribution in [2.45, 2.75) is 6.10 Å². The monoisotopic (exact) mass is 415 g/mol. The van der Waals surface area contributed by atoms with Crippen LogP contribution in [0, 0.1) is 0 Å². The Morgan fingerprint density at radius 3 is 2.65 bits per heavy atom. The molecule has 0 bridgehead atoms. The number of pyridine rings is 1. The smallest absolute Gasteiger partial charge is 0.248 e. The number of fused-ring (bicyclic) bond motifs is 1. The van der Waals surface area contributed by atoms with Crippen molar-refractivity contribution in [3.63, 3.8) is 0 Å². The number of aromatic nitrogens is 3. The molecule has 0 saturated heterocycles. The molecule has 1 atom stereocenters. The number of rotatable bonds is 7. The molecule has 0 aliphatic rings. The Bertz CT molecular complexity index is 1230. The normalized spacial score (nSPS) is 11.8. The third kappa shape index (κ3) is 4.44. The predicted molar refractivity (Wildman–Crippen MR) is 118 cm³/mol. The zero-order valence-electron chi connectivity index (χ0n) is 16.8. The minimum atomic E-state index is -1.34. The minimum Gasteiger partial charge on any atom is -0.497 e. The molecule has 0 saturated carbocycles. The molecule has 156 valence electrons.